The highest BCUT2D eigenvalue weighted by molar-refractivity contribution is 5.75. The van der Waals surface area contributed by atoms with Gasteiger partial charge in [0.15, 0.2) is 0 Å². The maximum atomic E-state index is 11.4. The van der Waals surface area contributed by atoms with Crippen molar-refractivity contribution in [1.29, 1.82) is 0 Å². The Kier molecular flexibility index (Phi) is 5.70. The van der Waals surface area contributed by atoms with E-state index < -0.39 is 0 Å². The summed E-state index contributed by atoms with van der Waals surface area (Å²) in [5.41, 5.74) is 2.70. The minimum atomic E-state index is 0.168. The van der Waals surface area contributed by atoms with E-state index in [-0.39, 0.29) is 5.91 Å². The number of hydrogen-bond donors (Lipinski definition) is 1. The Hall–Kier alpha value is -1.35. The lowest BCUT2D eigenvalue weighted by Gasteiger charge is -2.11. The molecule has 1 rings (SSSR count). The molecule has 0 spiro atoms. The van der Waals surface area contributed by atoms with Gasteiger partial charge in [-0.05, 0) is 17.5 Å². The molecule has 0 radical (unpaired) electrons. The van der Waals surface area contributed by atoms with E-state index in [1.54, 1.807) is 19.0 Å². The summed E-state index contributed by atoms with van der Waals surface area (Å²) >= 11 is 0. The van der Waals surface area contributed by atoms with Crippen molar-refractivity contribution in [3.8, 4) is 0 Å². The second kappa shape index (κ2) is 7.07. The van der Waals surface area contributed by atoms with Crippen molar-refractivity contribution in [2.75, 3.05) is 20.6 Å². The number of benzene rings is 1. The first-order valence-electron chi connectivity index (χ1n) is 6.12. The molecule has 0 aromatic heterocycles. The van der Waals surface area contributed by atoms with E-state index in [9.17, 15) is 4.79 Å². The van der Waals surface area contributed by atoms with E-state index in [1.807, 2.05) is 0 Å². The van der Waals surface area contributed by atoms with Gasteiger partial charge in [0, 0.05) is 33.6 Å². The minimum Gasteiger partial charge on any atom is -0.349 e. The molecular formula is C14H22N2O. The van der Waals surface area contributed by atoms with Crippen LogP contribution >= 0.6 is 0 Å². The fourth-order valence-electron chi connectivity index (χ4n) is 1.72. The average Bonchev–Trinajstić information content (AvgIpc) is 2.34. The van der Waals surface area contributed by atoms with Gasteiger partial charge in [0.25, 0.3) is 0 Å². The number of amides is 1. The van der Waals surface area contributed by atoms with Crippen LogP contribution in [0.1, 0.15) is 24.5 Å². The van der Waals surface area contributed by atoms with Crippen molar-refractivity contribution < 1.29 is 4.79 Å². The highest BCUT2D eigenvalue weighted by Gasteiger charge is 2.03. The molecule has 0 saturated carbocycles. The Bertz CT molecular complexity index is 361. The van der Waals surface area contributed by atoms with Crippen molar-refractivity contribution in [2.45, 2.75) is 26.3 Å². The third-order valence-electron chi connectivity index (χ3n) is 2.83. The molecule has 0 heterocycles. The van der Waals surface area contributed by atoms with Gasteiger partial charge in [-0.3, -0.25) is 4.79 Å². The Morgan fingerprint density at radius 1 is 1.24 bits per heavy atom. The summed E-state index contributed by atoms with van der Waals surface area (Å²) in [5.74, 6) is 0.168. The number of aryl methyl sites for hydroxylation is 1. The lowest BCUT2D eigenvalue weighted by Crippen LogP contribution is -2.26. The van der Waals surface area contributed by atoms with E-state index in [0.717, 1.165) is 19.5 Å². The predicted octanol–water partition coefficient (Wildman–Crippen LogP) is 1.82. The zero-order valence-electron chi connectivity index (χ0n) is 11.0. The lowest BCUT2D eigenvalue weighted by molar-refractivity contribution is -0.128. The van der Waals surface area contributed by atoms with Gasteiger partial charge in [-0.1, -0.05) is 31.2 Å². The molecule has 94 valence electrons. The average molecular weight is 234 g/mol. The lowest BCUT2D eigenvalue weighted by atomic mass is 10.1. The van der Waals surface area contributed by atoms with E-state index >= 15 is 0 Å². The normalized spacial score (nSPS) is 10.3. The minimum absolute atomic E-state index is 0.168. The Balaban J connectivity index is 2.33. The smallest absolute Gasteiger partial charge is 0.223 e. The monoisotopic (exact) mass is 234 g/mol. The maximum absolute atomic E-state index is 11.4. The third-order valence-corrected chi connectivity index (χ3v) is 2.83. The number of hydrogen-bond acceptors (Lipinski definition) is 2. The van der Waals surface area contributed by atoms with Crippen molar-refractivity contribution >= 4 is 5.91 Å². The molecule has 17 heavy (non-hydrogen) atoms. The first-order valence-corrected chi connectivity index (χ1v) is 6.12. The molecule has 0 aliphatic rings. The fraction of sp³-hybridized carbons (Fsp3) is 0.500. The van der Waals surface area contributed by atoms with Crippen LogP contribution in [0.3, 0.4) is 0 Å². The van der Waals surface area contributed by atoms with Gasteiger partial charge in [0.2, 0.25) is 5.91 Å². The molecule has 3 nitrogen and oxygen atoms in total. The number of rotatable bonds is 6. The Morgan fingerprint density at radius 2 is 1.88 bits per heavy atom. The highest BCUT2D eigenvalue weighted by Crippen LogP contribution is 2.08. The largest absolute Gasteiger partial charge is 0.349 e. The van der Waals surface area contributed by atoms with Crippen LogP contribution in [0, 0.1) is 0 Å². The quantitative estimate of drug-likeness (QED) is 0.761. The Labute approximate surface area is 104 Å². The molecule has 3 heteroatoms. The summed E-state index contributed by atoms with van der Waals surface area (Å²) in [4.78, 5) is 13.0. The zero-order valence-corrected chi connectivity index (χ0v) is 11.0. The number of carbonyl (C=O) groups is 1. The van der Waals surface area contributed by atoms with Gasteiger partial charge in [0.1, 0.15) is 0 Å². The molecule has 1 aromatic carbocycles. The van der Waals surface area contributed by atoms with Crippen LogP contribution in [-0.4, -0.2) is 31.4 Å². The van der Waals surface area contributed by atoms with Gasteiger partial charge in [-0.15, -0.1) is 0 Å². The van der Waals surface area contributed by atoms with Gasteiger partial charge >= 0.3 is 0 Å². The van der Waals surface area contributed by atoms with Crippen molar-refractivity contribution in [1.82, 2.24) is 10.2 Å². The summed E-state index contributed by atoms with van der Waals surface area (Å²) in [6, 6.07) is 8.42. The molecule has 0 aliphatic carbocycles. The molecule has 0 unspecified atom stereocenters. The molecule has 1 aromatic rings. The van der Waals surface area contributed by atoms with Crippen LogP contribution in [0.25, 0.3) is 0 Å². The predicted molar refractivity (Wildman–Crippen MR) is 70.8 cm³/mol. The van der Waals surface area contributed by atoms with Gasteiger partial charge in [-0.25, -0.2) is 0 Å². The molecule has 0 bridgehead atoms. The zero-order chi connectivity index (χ0) is 12.7. The van der Waals surface area contributed by atoms with Crippen LogP contribution in [0.5, 0.6) is 0 Å². The van der Waals surface area contributed by atoms with E-state index in [4.69, 9.17) is 0 Å². The summed E-state index contributed by atoms with van der Waals surface area (Å²) < 4.78 is 0. The molecule has 1 N–H and O–H groups in total. The van der Waals surface area contributed by atoms with E-state index in [2.05, 4.69) is 36.5 Å². The van der Waals surface area contributed by atoms with Crippen molar-refractivity contribution in [2.24, 2.45) is 0 Å². The van der Waals surface area contributed by atoms with Crippen LogP contribution < -0.4 is 5.32 Å². The van der Waals surface area contributed by atoms with Gasteiger partial charge in [0.05, 0.1) is 0 Å². The third kappa shape index (κ3) is 4.57. The topological polar surface area (TPSA) is 32.3 Å². The molecule has 0 atom stereocenters. The number of carbonyl (C=O) groups excluding carboxylic acids is 1. The molecule has 0 saturated heterocycles. The van der Waals surface area contributed by atoms with Crippen molar-refractivity contribution in [3.63, 3.8) is 0 Å². The first kappa shape index (κ1) is 13.7. The Morgan fingerprint density at radius 3 is 2.47 bits per heavy atom. The van der Waals surface area contributed by atoms with Crippen LogP contribution in [0.15, 0.2) is 24.3 Å². The first-order chi connectivity index (χ1) is 8.15. The summed E-state index contributed by atoms with van der Waals surface area (Å²) in [7, 11) is 3.57. The van der Waals surface area contributed by atoms with Gasteiger partial charge < -0.3 is 10.2 Å². The molecule has 1 amide bonds. The van der Waals surface area contributed by atoms with E-state index in [1.165, 1.54) is 11.1 Å². The molecular weight excluding hydrogens is 212 g/mol. The SMILES string of the molecule is CCc1ccccc1CNCCC(=O)N(C)C. The molecule has 0 aliphatic heterocycles. The summed E-state index contributed by atoms with van der Waals surface area (Å²) in [6.07, 6.45) is 1.61. The summed E-state index contributed by atoms with van der Waals surface area (Å²) in [5, 5.41) is 3.31. The standard InChI is InChI=1S/C14H22N2O/c1-4-12-7-5-6-8-13(12)11-15-10-9-14(17)16(2)3/h5-8,15H,4,9-11H2,1-3H3. The van der Waals surface area contributed by atoms with Crippen LogP contribution in [-0.2, 0) is 17.8 Å². The van der Waals surface area contributed by atoms with Crippen LogP contribution in [0.2, 0.25) is 0 Å². The molecule has 0 fully saturated rings. The maximum Gasteiger partial charge on any atom is 0.223 e. The second-order valence-electron chi connectivity index (χ2n) is 4.34. The van der Waals surface area contributed by atoms with Crippen LogP contribution in [0.4, 0.5) is 0 Å². The number of nitrogens with zero attached hydrogens (tertiary/aromatic N) is 1. The van der Waals surface area contributed by atoms with Gasteiger partial charge in [-0.2, -0.15) is 0 Å². The number of nitrogens with one attached hydrogen (secondary N) is 1. The van der Waals surface area contributed by atoms with Crippen molar-refractivity contribution in [3.05, 3.63) is 35.4 Å². The highest BCUT2D eigenvalue weighted by atomic mass is 16.2. The fourth-order valence-corrected chi connectivity index (χ4v) is 1.72. The van der Waals surface area contributed by atoms with E-state index in [0.29, 0.717) is 6.42 Å². The second-order valence-corrected chi connectivity index (χ2v) is 4.34. The summed E-state index contributed by atoms with van der Waals surface area (Å²) in [6.45, 7) is 3.73.